The van der Waals surface area contributed by atoms with Gasteiger partial charge in [0.15, 0.2) is 18.3 Å². The van der Waals surface area contributed by atoms with E-state index < -0.39 is 11.9 Å². The molecule has 0 saturated heterocycles. The van der Waals surface area contributed by atoms with Crippen molar-refractivity contribution in [3.05, 3.63) is 38.7 Å². The Hall–Kier alpha value is -1.45. The number of hydrogen-bond donors (Lipinski definition) is 1. The average molecular weight is 450 g/mol. The van der Waals surface area contributed by atoms with Crippen LogP contribution in [0.4, 0.5) is 5.13 Å². The fraction of sp³-hybridized carbons (Fsp3) is 0.154. The highest BCUT2D eigenvalue weighted by molar-refractivity contribution is 9.11. The minimum atomic E-state index is -0.626. The van der Waals surface area contributed by atoms with Crippen LogP contribution in [0.2, 0.25) is 0 Å². The lowest BCUT2D eigenvalue weighted by molar-refractivity contribution is -0.149. The first kappa shape index (κ1) is 16.9. The summed E-state index contributed by atoms with van der Waals surface area (Å²) in [5, 5.41) is 2.94. The zero-order valence-electron chi connectivity index (χ0n) is 11.0. The van der Waals surface area contributed by atoms with E-state index in [1.165, 1.54) is 11.3 Å². The number of hydrogen-bond acceptors (Lipinski definition) is 6. The van der Waals surface area contributed by atoms with E-state index in [0.29, 0.717) is 10.9 Å². The molecule has 1 aromatic carbocycles. The standard InChI is InChI=1S/C13H10Br2N2O4S/c14-8-1-3-9(4-2-8)20-7-12(19)21-6-11(18)17-13-16-5-10(15)22-13/h1-5H,6-7H2,(H,16,17,18). The molecule has 0 bridgehead atoms. The molecule has 2 aromatic rings. The summed E-state index contributed by atoms with van der Waals surface area (Å²) in [6.45, 7) is -0.655. The summed E-state index contributed by atoms with van der Waals surface area (Å²) in [6, 6.07) is 7.01. The van der Waals surface area contributed by atoms with Crippen molar-refractivity contribution in [1.29, 1.82) is 0 Å². The first-order valence-corrected chi connectivity index (χ1v) is 8.38. The Kier molecular flexibility index (Phi) is 6.34. The molecule has 0 aliphatic heterocycles. The van der Waals surface area contributed by atoms with Crippen LogP contribution in [0.15, 0.2) is 38.7 Å². The van der Waals surface area contributed by atoms with Crippen LogP contribution < -0.4 is 10.1 Å². The van der Waals surface area contributed by atoms with Gasteiger partial charge in [-0.2, -0.15) is 0 Å². The number of halogens is 2. The van der Waals surface area contributed by atoms with Gasteiger partial charge >= 0.3 is 5.97 Å². The highest BCUT2D eigenvalue weighted by atomic mass is 79.9. The lowest BCUT2D eigenvalue weighted by Crippen LogP contribution is -2.23. The van der Waals surface area contributed by atoms with E-state index in [1.54, 1.807) is 30.5 Å². The van der Waals surface area contributed by atoms with E-state index in [-0.39, 0.29) is 13.2 Å². The van der Waals surface area contributed by atoms with E-state index in [9.17, 15) is 9.59 Å². The first-order valence-electron chi connectivity index (χ1n) is 5.98. The molecule has 0 saturated carbocycles. The zero-order valence-corrected chi connectivity index (χ0v) is 15.0. The van der Waals surface area contributed by atoms with Crippen molar-refractivity contribution in [3.8, 4) is 5.75 Å². The Morgan fingerprint density at radius 3 is 2.55 bits per heavy atom. The third-order valence-corrected chi connectivity index (χ3v) is 4.18. The van der Waals surface area contributed by atoms with E-state index in [1.807, 2.05) is 0 Å². The van der Waals surface area contributed by atoms with Gasteiger partial charge in [0.05, 0.1) is 9.98 Å². The van der Waals surface area contributed by atoms with Crippen LogP contribution in [0.5, 0.6) is 5.75 Å². The van der Waals surface area contributed by atoms with Crippen molar-refractivity contribution in [1.82, 2.24) is 4.98 Å². The van der Waals surface area contributed by atoms with Crippen molar-refractivity contribution in [3.63, 3.8) is 0 Å². The molecular formula is C13H10Br2N2O4S. The topological polar surface area (TPSA) is 77.5 Å². The fourth-order valence-electron chi connectivity index (χ4n) is 1.33. The second-order valence-corrected chi connectivity index (χ2v) is 7.25. The maximum absolute atomic E-state index is 11.6. The molecular weight excluding hydrogens is 440 g/mol. The zero-order chi connectivity index (χ0) is 15.9. The van der Waals surface area contributed by atoms with Gasteiger partial charge < -0.3 is 9.47 Å². The van der Waals surface area contributed by atoms with Crippen LogP contribution in [-0.2, 0) is 14.3 Å². The number of aromatic nitrogens is 1. The number of nitrogens with one attached hydrogen (secondary N) is 1. The fourth-order valence-corrected chi connectivity index (χ4v) is 2.72. The van der Waals surface area contributed by atoms with Crippen molar-refractivity contribution >= 4 is 60.2 Å². The highest BCUT2D eigenvalue weighted by Crippen LogP contribution is 2.22. The monoisotopic (exact) mass is 448 g/mol. The SMILES string of the molecule is O=C(COC(=O)COc1ccc(Br)cc1)Nc1ncc(Br)s1. The number of thiazole rings is 1. The second kappa shape index (κ2) is 8.25. The van der Waals surface area contributed by atoms with Crippen molar-refractivity contribution in [2.75, 3.05) is 18.5 Å². The van der Waals surface area contributed by atoms with Gasteiger partial charge in [-0.15, -0.1) is 0 Å². The third-order valence-electron chi connectivity index (χ3n) is 2.26. The van der Waals surface area contributed by atoms with Crippen molar-refractivity contribution < 1.29 is 19.1 Å². The van der Waals surface area contributed by atoms with Gasteiger partial charge in [0.1, 0.15) is 5.75 Å². The Balaban J connectivity index is 1.68. The molecule has 1 aromatic heterocycles. The number of benzene rings is 1. The van der Waals surface area contributed by atoms with Crippen molar-refractivity contribution in [2.45, 2.75) is 0 Å². The summed E-state index contributed by atoms with van der Waals surface area (Å²) in [7, 11) is 0. The van der Waals surface area contributed by atoms with Crippen LogP contribution in [0, 0.1) is 0 Å². The number of amides is 1. The molecule has 0 radical (unpaired) electrons. The lowest BCUT2D eigenvalue weighted by Gasteiger charge is -2.07. The van der Waals surface area contributed by atoms with Crippen molar-refractivity contribution in [2.24, 2.45) is 0 Å². The summed E-state index contributed by atoms with van der Waals surface area (Å²) in [6.07, 6.45) is 1.57. The Morgan fingerprint density at radius 2 is 1.91 bits per heavy atom. The summed E-state index contributed by atoms with van der Waals surface area (Å²) in [5.74, 6) is -0.547. The third kappa shape index (κ3) is 5.74. The molecule has 1 amide bonds. The largest absolute Gasteiger partial charge is 0.482 e. The van der Waals surface area contributed by atoms with Crippen LogP contribution in [0.25, 0.3) is 0 Å². The number of carbonyl (C=O) groups is 2. The van der Waals surface area contributed by atoms with E-state index in [2.05, 4.69) is 42.2 Å². The quantitative estimate of drug-likeness (QED) is 0.685. The minimum absolute atomic E-state index is 0.266. The Morgan fingerprint density at radius 1 is 1.18 bits per heavy atom. The smallest absolute Gasteiger partial charge is 0.344 e. The van der Waals surface area contributed by atoms with E-state index in [0.717, 1.165) is 8.26 Å². The maximum Gasteiger partial charge on any atom is 0.344 e. The van der Waals surface area contributed by atoms with Gasteiger partial charge in [-0.3, -0.25) is 10.1 Å². The molecule has 0 aliphatic carbocycles. The Labute approximate surface area is 147 Å². The first-order chi connectivity index (χ1) is 10.5. The summed E-state index contributed by atoms with van der Waals surface area (Å²) < 4.78 is 11.7. The molecule has 9 heteroatoms. The van der Waals surface area contributed by atoms with Crippen LogP contribution >= 0.6 is 43.2 Å². The van der Waals surface area contributed by atoms with Gasteiger partial charge in [-0.1, -0.05) is 27.3 Å². The minimum Gasteiger partial charge on any atom is -0.482 e. The highest BCUT2D eigenvalue weighted by Gasteiger charge is 2.10. The van der Waals surface area contributed by atoms with Crippen LogP contribution in [0.1, 0.15) is 0 Å². The van der Waals surface area contributed by atoms with Gasteiger partial charge in [0, 0.05) is 4.47 Å². The maximum atomic E-state index is 11.6. The molecule has 2 rings (SSSR count). The summed E-state index contributed by atoms with van der Waals surface area (Å²) in [5.41, 5.74) is 0. The number of carbonyl (C=O) groups excluding carboxylic acids is 2. The molecule has 1 heterocycles. The molecule has 0 fully saturated rings. The normalized spacial score (nSPS) is 10.1. The average Bonchev–Trinajstić information content (AvgIpc) is 2.89. The molecule has 22 heavy (non-hydrogen) atoms. The molecule has 0 spiro atoms. The van der Waals surface area contributed by atoms with Gasteiger partial charge in [-0.25, -0.2) is 9.78 Å². The van der Waals surface area contributed by atoms with Crippen LogP contribution in [-0.4, -0.2) is 30.1 Å². The van der Waals surface area contributed by atoms with E-state index >= 15 is 0 Å². The number of rotatable bonds is 6. The molecule has 116 valence electrons. The number of ether oxygens (including phenoxy) is 2. The Bertz CT molecular complexity index is 660. The van der Waals surface area contributed by atoms with Gasteiger partial charge in [-0.05, 0) is 40.2 Å². The van der Waals surface area contributed by atoms with E-state index in [4.69, 9.17) is 9.47 Å². The predicted octanol–water partition coefficient (Wildman–Crippen LogP) is 3.23. The molecule has 0 atom stereocenters. The molecule has 0 aliphatic rings. The molecule has 1 N–H and O–H groups in total. The number of esters is 1. The van der Waals surface area contributed by atoms with Crippen LogP contribution in [0.3, 0.4) is 0 Å². The van der Waals surface area contributed by atoms with Gasteiger partial charge in [0.2, 0.25) is 0 Å². The summed E-state index contributed by atoms with van der Waals surface area (Å²) >= 11 is 7.79. The number of nitrogens with zero attached hydrogens (tertiary/aromatic N) is 1. The second-order valence-electron chi connectivity index (χ2n) is 3.92. The van der Waals surface area contributed by atoms with Gasteiger partial charge in [0.25, 0.3) is 5.91 Å². The molecule has 6 nitrogen and oxygen atoms in total. The molecule has 0 unspecified atom stereocenters. The number of anilines is 1. The summed E-state index contributed by atoms with van der Waals surface area (Å²) in [4.78, 5) is 27.0. The predicted molar refractivity (Wildman–Crippen MR) is 89.0 cm³/mol. The lowest BCUT2D eigenvalue weighted by atomic mass is 10.3.